The van der Waals surface area contributed by atoms with Crippen LogP contribution in [-0.4, -0.2) is 47.6 Å². The van der Waals surface area contributed by atoms with E-state index in [4.69, 9.17) is 27.7 Å². The third-order valence-electron chi connectivity index (χ3n) is 1.98. The topological polar surface area (TPSA) is 167 Å². The Kier molecular flexibility index (Phi) is 6.22. The monoisotopic (exact) mass is 245 g/mol. The normalized spacial score (nSPS) is 11.4. The summed E-state index contributed by atoms with van der Waals surface area (Å²) in [4.78, 5) is 11.0. The van der Waals surface area contributed by atoms with Crippen molar-refractivity contribution in [2.24, 2.45) is 22.3 Å². The van der Waals surface area contributed by atoms with Crippen LogP contribution in [0.5, 0.6) is 0 Å². The summed E-state index contributed by atoms with van der Waals surface area (Å²) in [7, 11) is 1.48. The number of rotatable bonds is 7. The zero-order valence-electron chi connectivity index (χ0n) is 9.68. The third-order valence-corrected chi connectivity index (χ3v) is 1.98. The summed E-state index contributed by atoms with van der Waals surface area (Å²) in [5, 5.41) is 23.3. The van der Waals surface area contributed by atoms with Crippen LogP contribution < -0.4 is 22.5 Å². The van der Waals surface area contributed by atoms with Gasteiger partial charge in [0.15, 0.2) is 5.96 Å². The third kappa shape index (κ3) is 6.82. The maximum atomic E-state index is 11.0. The molecule has 0 aromatic heterocycles. The molecule has 0 radical (unpaired) electrons. The minimum Gasteiger partial charge on any atom is -0.480 e. The molecule has 0 fully saturated rings. The second-order valence-electron chi connectivity index (χ2n) is 3.44. The van der Waals surface area contributed by atoms with Crippen molar-refractivity contribution in [3.05, 3.63) is 0 Å². The number of likely N-dealkylation sites (N-methyl/N-ethyl adjacent to an activating group) is 1. The predicted molar refractivity (Wildman–Crippen MR) is 64.1 cm³/mol. The van der Waals surface area contributed by atoms with Crippen LogP contribution in [0.2, 0.25) is 0 Å². The Labute approximate surface area is 99.1 Å². The summed E-state index contributed by atoms with van der Waals surface area (Å²) in [6.45, 7) is 0.425. The van der Waals surface area contributed by atoms with Gasteiger partial charge < -0.3 is 27.6 Å². The van der Waals surface area contributed by atoms with Gasteiger partial charge in [-0.2, -0.15) is 0 Å². The van der Waals surface area contributed by atoms with Crippen molar-refractivity contribution in [2.45, 2.75) is 18.9 Å². The molecule has 0 rings (SSSR count). The first-order valence-electron chi connectivity index (χ1n) is 4.97. The molecule has 17 heavy (non-hydrogen) atoms. The Morgan fingerprint density at radius 2 is 2.12 bits per heavy atom. The Morgan fingerprint density at radius 1 is 1.53 bits per heavy atom. The molecule has 9 nitrogen and oxygen atoms in total. The lowest BCUT2D eigenvalue weighted by molar-refractivity contribution is -0.143. The summed E-state index contributed by atoms with van der Waals surface area (Å²) >= 11 is 0. The molecule has 1 atom stereocenters. The molecule has 0 saturated carbocycles. The SMILES string of the molecule is CN(N=C(N)N)[C@@H](CCCNC(=N)N)C(=O)O. The van der Waals surface area contributed by atoms with Crippen LogP contribution in [0.25, 0.3) is 0 Å². The van der Waals surface area contributed by atoms with Crippen molar-refractivity contribution in [1.29, 1.82) is 5.41 Å². The Balaban J connectivity index is 4.21. The molecule has 0 heterocycles. The molecule has 0 bridgehead atoms. The van der Waals surface area contributed by atoms with Crippen LogP contribution in [-0.2, 0) is 4.79 Å². The number of carboxylic acids is 1. The van der Waals surface area contributed by atoms with Gasteiger partial charge in [-0.05, 0) is 12.8 Å². The van der Waals surface area contributed by atoms with Crippen LogP contribution in [0.15, 0.2) is 5.10 Å². The number of carboxylic acid groups (broad SMARTS) is 1. The van der Waals surface area contributed by atoms with Gasteiger partial charge in [-0.1, -0.05) is 0 Å². The molecule has 0 aliphatic rings. The number of guanidine groups is 2. The Hall–Kier alpha value is -2.19. The zero-order valence-corrected chi connectivity index (χ0v) is 9.68. The van der Waals surface area contributed by atoms with Crippen molar-refractivity contribution >= 4 is 17.9 Å². The van der Waals surface area contributed by atoms with Gasteiger partial charge in [0.2, 0.25) is 5.96 Å². The van der Waals surface area contributed by atoms with Gasteiger partial charge in [0.1, 0.15) is 6.04 Å². The van der Waals surface area contributed by atoms with Gasteiger partial charge in [-0.15, -0.1) is 5.10 Å². The van der Waals surface area contributed by atoms with Crippen molar-refractivity contribution in [3.8, 4) is 0 Å². The molecule has 0 saturated heterocycles. The first kappa shape index (κ1) is 14.8. The number of nitrogens with two attached hydrogens (primary N) is 3. The molecule has 0 unspecified atom stereocenters. The highest BCUT2D eigenvalue weighted by atomic mass is 16.4. The predicted octanol–water partition coefficient (Wildman–Crippen LogP) is -2.18. The molecule has 0 aromatic rings. The molecule has 9 heteroatoms. The number of carbonyl (C=O) groups is 1. The van der Waals surface area contributed by atoms with E-state index in [1.54, 1.807) is 0 Å². The lowest BCUT2D eigenvalue weighted by Gasteiger charge is -2.21. The van der Waals surface area contributed by atoms with Gasteiger partial charge in [0.25, 0.3) is 0 Å². The summed E-state index contributed by atoms with van der Waals surface area (Å²) in [6.07, 6.45) is 0.865. The summed E-state index contributed by atoms with van der Waals surface area (Å²) in [5.41, 5.74) is 15.4. The number of hydrogen-bond donors (Lipinski definition) is 6. The Morgan fingerprint density at radius 3 is 2.53 bits per heavy atom. The molecule has 0 spiro atoms. The van der Waals surface area contributed by atoms with E-state index in [2.05, 4.69) is 10.4 Å². The zero-order chi connectivity index (χ0) is 13.4. The van der Waals surface area contributed by atoms with E-state index in [-0.39, 0.29) is 11.9 Å². The van der Waals surface area contributed by atoms with Crippen LogP contribution in [0.3, 0.4) is 0 Å². The fourth-order valence-electron chi connectivity index (χ4n) is 1.24. The number of aliphatic carboxylic acids is 1. The van der Waals surface area contributed by atoms with Gasteiger partial charge in [-0.25, -0.2) is 4.79 Å². The minimum atomic E-state index is -1.01. The molecule has 0 amide bonds. The van der Waals surface area contributed by atoms with Crippen LogP contribution >= 0.6 is 0 Å². The standard InChI is InChI=1S/C8H19N7O2/c1-15(14-8(11)12)5(6(16)17)3-2-4-13-7(9)10/h5H,2-4H2,1H3,(H,16,17)(H4,9,10,13)(H4,11,12,14)/t5-/m0/s1. The minimum absolute atomic E-state index is 0.144. The number of nitrogens with one attached hydrogen (secondary N) is 2. The molecule has 0 aromatic carbocycles. The first-order valence-corrected chi connectivity index (χ1v) is 4.97. The highest BCUT2D eigenvalue weighted by molar-refractivity contribution is 5.77. The van der Waals surface area contributed by atoms with Gasteiger partial charge in [0.05, 0.1) is 0 Å². The largest absolute Gasteiger partial charge is 0.480 e. The van der Waals surface area contributed by atoms with Gasteiger partial charge >= 0.3 is 5.97 Å². The molecule has 0 aliphatic carbocycles. The van der Waals surface area contributed by atoms with E-state index in [1.165, 1.54) is 12.1 Å². The second kappa shape index (κ2) is 7.14. The summed E-state index contributed by atoms with van der Waals surface area (Å²) in [5.74, 6) is -1.35. The maximum Gasteiger partial charge on any atom is 0.328 e. The second-order valence-corrected chi connectivity index (χ2v) is 3.44. The molecule has 98 valence electrons. The number of hydrazone groups is 1. The lowest BCUT2D eigenvalue weighted by Crippen LogP contribution is -2.39. The highest BCUT2D eigenvalue weighted by Crippen LogP contribution is 2.05. The van der Waals surface area contributed by atoms with Crippen molar-refractivity contribution in [3.63, 3.8) is 0 Å². The Bertz CT molecular complexity index is 300. The number of nitrogens with zero attached hydrogens (tertiary/aromatic N) is 2. The fraction of sp³-hybridized carbons (Fsp3) is 0.625. The summed E-state index contributed by atoms with van der Waals surface area (Å²) in [6, 6.07) is -0.814. The fourth-order valence-corrected chi connectivity index (χ4v) is 1.24. The van der Waals surface area contributed by atoms with E-state index in [0.29, 0.717) is 19.4 Å². The van der Waals surface area contributed by atoms with Crippen LogP contribution in [0, 0.1) is 5.41 Å². The molecule has 0 aliphatic heterocycles. The van der Waals surface area contributed by atoms with Crippen molar-refractivity contribution in [2.75, 3.05) is 13.6 Å². The molecule has 9 N–H and O–H groups in total. The van der Waals surface area contributed by atoms with Crippen molar-refractivity contribution in [1.82, 2.24) is 10.3 Å². The van der Waals surface area contributed by atoms with Gasteiger partial charge in [-0.3, -0.25) is 10.4 Å². The average molecular weight is 245 g/mol. The molecular weight excluding hydrogens is 226 g/mol. The van der Waals surface area contributed by atoms with E-state index in [1.807, 2.05) is 0 Å². The quantitative estimate of drug-likeness (QED) is 0.128. The van der Waals surface area contributed by atoms with E-state index in [9.17, 15) is 4.79 Å². The van der Waals surface area contributed by atoms with E-state index < -0.39 is 12.0 Å². The number of hydrogen-bond acceptors (Lipinski definition) is 4. The maximum absolute atomic E-state index is 11.0. The molecular formula is C8H19N7O2. The van der Waals surface area contributed by atoms with E-state index in [0.717, 1.165) is 0 Å². The highest BCUT2D eigenvalue weighted by Gasteiger charge is 2.21. The van der Waals surface area contributed by atoms with E-state index >= 15 is 0 Å². The smallest absolute Gasteiger partial charge is 0.328 e. The van der Waals surface area contributed by atoms with Crippen LogP contribution in [0.1, 0.15) is 12.8 Å². The average Bonchev–Trinajstić information content (AvgIpc) is 2.14. The van der Waals surface area contributed by atoms with Crippen LogP contribution in [0.4, 0.5) is 0 Å². The van der Waals surface area contributed by atoms with Crippen molar-refractivity contribution < 1.29 is 9.90 Å². The van der Waals surface area contributed by atoms with Gasteiger partial charge in [0, 0.05) is 13.6 Å². The summed E-state index contributed by atoms with van der Waals surface area (Å²) < 4.78 is 0. The first-order chi connectivity index (χ1) is 7.84. The lowest BCUT2D eigenvalue weighted by atomic mass is 10.1.